The molecule has 4 aromatic rings. The quantitative estimate of drug-likeness (QED) is 0.202. The molecule has 0 nitrogen and oxygen atoms in total. The second kappa shape index (κ2) is 12.5. The average molecular weight is 677 g/mol. The van der Waals surface area contributed by atoms with Crippen LogP contribution < -0.4 is 0 Å². The van der Waals surface area contributed by atoms with E-state index in [0.717, 1.165) is 6.42 Å². The fourth-order valence-electron chi connectivity index (χ4n) is 10.6. The molecule has 0 spiro atoms. The van der Waals surface area contributed by atoms with Crippen molar-refractivity contribution in [1.82, 2.24) is 0 Å². The van der Waals surface area contributed by atoms with E-state index in [9.17, 15) is 0 Å². The largest absolute Gasteiger partial charge is 0.0622 e. The van der Waals surface area contributed by atoms with Crippen LogP contribution in [0, 0.1) is 111 Å². The average Bonchev–Trinajstić information content (AvgIpc) is 3.49. The van der Waals surface area contributed by atoms with Crippen molar-refractivity contribution in [2.24, 2.45) is 0 Å². The SMILES string of the molecule is CC1=C(C)C(CC2C(C)=C(C)c3c(-c4c(C)c(C)c(C)c(C)c4C)c(C)c(C)c(C)c32)c2c(C)c(C)c(C)c(-c3c(C)c(C)c(C)c(C)c3C)c21. The van der Waals surface area contributed by atoms with E-state index >= 15 is 0 Å². The van der Waals surface area contributed by atoms with Crippen molar-refractivity contribution >= 4 is 11.1 Å². The summed E-state index contributed by atoms with van der Waals surface area (Å²) in [4.78, 5) is 0. The first-order chi connectivity index (χ1) is 23.7. The van der Waals surface area contributed by atoms with Gasteiger partial charge in [-0.1, -0.05) is 11.1 Å². The lowest BCUT2D eigenvalue weighted by Crippen LogP contribution is -2.12. The molecule has 0 aliphatic heterocycles. The number of hydrogen-bond acceptors (Lipinski definition) is 0. The summed E-state index contributed by atoms with van der Waals surface area (Å²) >= 11 is 0. The maximum atomic E-state index is 2.45. The fourth-order valence-corrected chi connectivity index (χ4v) is 10.6. The Bertz CT molecular complexity index is 2080. The van der Waals surface area contributed by atoms with Crippen LogP contribution in [-0.4, -0.2) is 0 Å². The van der Waals surface area contributed by atoms with Gasteiger partial charge in [-0.2, -0.15) is 0 Å². The number of fused-ring (bicyclic) bond motifs is 2. The Balaban J connectivity index is 1.62. The molecule has 0 saturated carbocycles. The molecule has 2 atom stereocenters. The summed E-state index contributed by atoms with van der Waals surface area (Å²) in [5.41, 5.74) is 41.5. The predicted molar refractivity (Wildman–Crippen MR) is 226 cm³/mol. The first-order valence-corrected chi connectivity index (χ1v) is 19.5. The van der Waals surface area contributed by atoms with E-state index in [1.54, 1.807) is 22.3 Å². The molecule has 2 aliphatic carbocycles. The van der Waals surface area contributed by atoms with Gasteiger partial charge >= 0.3 is 0 Å². The van der Waals surface area contributed by atoms with Crippen LogP contribution in [0.15, 0.2) is 11.1 Å². The van der Waals surface area contributed by atoms with Crippen LogP contribution >= 0.6 is 0 Å². The molecule has 2 aliphatic rings. The van der Waals surface area contributed by atoms with Gasteiger partial charge in [-0.25, -0.2) is 0 Å². The van der Waals surface area contributed by atoms with Gasteiger partial charge in [-0.3, -0.25) is 0 Å². The monoisotopic (exact) mass is 677 g/mol. The predicted octanol–water partition coefficient (Wildman–Crippen LogP) is 14.8. The van der Waals surface area contributed by atoms with Gasteiger partial charge in [0.2, 0.25) is 0 Å². The van der Waals surface area contributed by atoms with Crippen LogP contribution in [0.5, 0.6) is 0 Å². The summed E-state index contributed by atoms with van der Waals surface area (Å²) in [6.07, 6.45) is 1.12. The third-order valence-electron chi connectivity index (χ3n) is 15.5. The lowest BCUT2D eigenvalue weighted by molar-refractivity contribution is 0.636. The molecule has 51 heavy (non-hydrogen) atoms. The van der Waals surface area contributed by atoms with Crippen LogP contribution in [0.3, 0.4) is 0 Å². The van der Waals surface area contributed by atoms with Gasteiger partial charge in [0.15, 0.2) is 0 Å². The van der Waals surface area contributed by atoms with Crippen LogP contribution in [0.25, 0.3) is 33.4 Å². The molecule has 0 N–H and O–H groups in total. The molecule has 6 rings (SSSR count). The van der Waals surface area contributed by atoms with E-state index in [1.165, 1.54) is 134 Å². The second-order valence-electron chi connectivity index (χ2n) is 17.0. The second-order valence-corrected chi connectivity index (χ2v) is 17.0. The smallest absolute Gasteiger partial charge is 0.00692 e. The third kappa shape index (κ3) is 4.91. The Morgan fingerprint density at radius 3 is 0.725 bits per heavy atom. The number of benzene rings is 4. The van der Waals surface area contributed by atoms with Gasteiger partial charge in [-0.05, 0) is 290 Å². The molecular weight excluding hydrogens is 613 g/mol. The van der Waals surface area contributed by atoms with Gasteiger partial charge in [-0.15, -0.1) is 0 Å². The summed E-state index contributed by atoms with van der Waals surface area (Å²) in [5, 5.41) is 0. The van der Waals surface area contributed by atoms with Crippen molar-refractivity contribution in [1.29, 1.82) is 0 Å². The highest BCUT2D eigenvalue weighted by Crippen LogP contribution is 2.58. The number of allylic oxidation sites excluding steroid dienone is 4. The molecule has 2 unspecified atom stereocenters. The molecule has 4 aromatic carbocycles. The van der Waals surface area contributed by atoms with Crippen molar-refractivity contribution < 1.29 is 0 Å². The minimum atomic E-state index is 0.391. The summed E-state index contributed by atoms with van der Waals surface area (Å²) in [7, 11) is 0. The highest BCUT2D eigenvalue weighted by Gasteiger charge is 2.40. The molecule has 0 saturated heterocycles. The first kappa shape index (κ1) is 37.1. The van der Waals surface area contributed by atoms with Gasteiger partial charge in [0, 0.05) is 11.8 Å². The van der Waals surface area contributed by atoms with Crippen molar-refractivity contribution in [2.75, 3.05) is 0 Å². The van der Waals surface area contributed by atoms with E-state index in [-0.39, 0.29) is 0 Å². The lowest BCUT2D eigenvalue weighted by atomic mass is 9.74. The molecule has 0 radical (unpaired) electrons. The summed E-state index contributed by atoms with van der Waals surface area (Å²) < 4.78 is 0. The van der Waals surface area contributed by atoms with Crippen LogP contribution in [0.4, 0.5) is 0 Å². The van der Waals surface area contributed by atoms with E-state index in [0.29, 0.717) is 11.8 Å². The van der Waals surface area contributed by atoms with E-state index in [4.69, 9.17) is 0 Å². The molecular formula is C51H64. The van der Waals surface area contributed by atoms with Gasteiger partial charge in [0.05, 0.1) is 0 Å². The summed E-state index contributed by atoms with van der Waals surface area (Å²) in [6, 6.07) is 0. The topological polar surface area (TPSA) is 0 Å². The van der Waals surface area contributed by atoms with E-state index in [1.807, 2.05) is 0 Å². The molecule has 0 heteroatoms. The maximum absolute atomic E-state index is 2.45. The fraction of sp³-hybridized carbons (Fsp3) is 0.451. The highest BCUT2D eigenvalue weighted by molar-refractivity contribution is 5.95. The van der Waals surface area contributed by atoms with Gasteiger partial charge in [0.25, 0.3) is 0 Å². The minimum absolute atomic E-state index is 0.391. The van der Waals surface area contributed by atoms with Gasteiger partial charge in [0.1, 0.15) is 0 Å². The van der Waals surface area contributed by atoms with Crippen molar-refractivity contribution in [3.8, 4) is 22.3 Å². The van der Waals surface area contributed by atoms with Crippen molar-refractivity contribution in [2.45, 2.75) is 157 Å². The zero-order chi connectivity index (χ0) is 38.0. The first-order valence-electron chi connectivity index (χ1n) is 19.5. The number of hydrogen-bond donors (Lipinski definition) is 0. The Labute approximate surface area is 311 Å². The standard InChI is InChI=1S/C51H64/c1-22-24(3)32(11)44(33(12)25(22)4)48-38(17)28(7)36(15)46-42(30(9)40(19)50(46)48)21-43-31(10)41(20)51-47(43)37(16)29(8)39(18)49(51)45-34(13)26(5)23(2)27(6)35(45)14/h42-43H,21H2,1-20H3. The zero-order valence-electron chi connectivity index (χ0n) is 35.9. The molecule has 0 amide bonds. The van der Waals surface area contributed by atoms with Crippen LogP contribution in [0.1, 0.15) is 157 Å². The molecule has 268 valence electrons. The summed E-state index contributed by atoms with van der Waals surface area (Å²) in [6.45, 7) is 47.4. The molecule has 0 fully saturated rings. The van der Waals surface area contributed by atoms with Gasteiger partial charge < -0.3 is 0 Å². The Kier molecular flexibility index (Phi) is 9.10. The van der Waals surface area contributed by atoms with Crippen LogP contribution in [0.2, 0.25) is 0 Å². The lowest BCUT2D eigenvalue weighted by Gasteiger charge is -2.29. The Morgan fingerprint density at radius 1 is 0.235 bits per heavy atom. The third-order valence-corrected chi connectivity index (χ3v) is 15.5. The molecule has 0 heterocycles. The zero-order valence-corrected chi connectivity index (χ0v) is 35.9. The van der Waals surface area contributed by atoms with E-state index < -0.39 is 0 Å². The Hall–Kier alpha value is -3.64. The number of rotatable bonds is 4. The van der Waals surface area contributed by atoms with Crippen LogP contribution in [-0.2, 0) is 0 Å². The Morgan fingerprint density at radius 2 is 0.451 bits per heavy atom. The summed E-state index contributed by atoms with van der Waals surface area (Å²) in [5.74, 6) is 0.781. The normalized spacial score (nSPS) is 16.9. The maximum Gasteiger partial charge on any atom is 0.00692 e. The van der Waals surface area contributed by atoms with E-state index in [2.05, 4.69) is 138 Å². The van der Waals surface area contributed by atoms with Crippen molar-refractivity contribution in [3.05, 3.63) is 122 Å². The minimum Gasteiger partial charge on any atom is -0.0622 e. The molecule has 0 aromatic heterocycles. The highest BCUT2D eigenvalue weighted by atomic mass is 14.4. The molecule has 0 bridgehead atoms. The van der Waals surface area contributed by atoms with Crippen molar-refractivity contribution in [3.63, 3.8) is 0 Å².